The third-order valence-electron chi connectivity index (χ3n) is 5.90. The number of hydrogen-bond acceptors (Lipinski definition) is 4. The van der Waals surface area contributed by atoms with Gasteiger partial charge in [-0.15, -0.1) is 0 Å². The average Bonchev–Trinajstić information content (AvgIpc) is 3.12. The van der Waals surface area contributed by atoms with Crippen LogP contribution in [0.3, 0.4) is 0 Å². The van der Waals surface area contributed by atoms with Crippen molar-refractivity contribution in [1.29, 1.82) is 0 Å². The summed E-state index contributed by atoms with van der Waals surface area (Å²) in [4.78, 5) is 27.1. The van der Waals surface area contributed by atoms with Crippen LogP contribution in [-0.4, -0.2) is 38.8 Å². The first kappa shape index (κ1) is 23.5. The maximum Gasteiger partial charge on any atom is 0.410 e. The molecule has 1 aliphatic rings. The van der Waals surface area contributed by atoms with Gasteiger partial charge in [-0.25, -0.2) is 4.79 Å². The average molecular weight is 461 g/mol. The predicted octanol–water partition coefficient (Wildman–Crippen LogP) is 5.09. The number of rotatable bonds is 4. The molecule has 0 bridgehead atoms. The first-order valence-electron chi connectivity index (χ1n) is 11.6. The minimum absolute atomic E-state index is 0.193. The molecule has 0 fully saturated rings. The highest BCUT2D eigenvalue weighted by molar-refractivity contribution is 6.04. The molecule has 4 rings (SSSR count). The molecular weight excluding hydrogens is 428 g/mol. The van der Waals surface area contributed by atoms with Gasteiger partial charge in [-0.05, 0) is 75.4 Å². The van der Waals surface area contributed by atoms with E-state index in [0.29, 0.717) is 37.4 Å². The molecule has 0 saturated carbocycles. The Morgan fingerprint density at radius 1 is 1.06 bits per heavy atom. The van der Waals surface area contributed by atoms with Gasteiger partial charge in [0.2, 0.25) is 0 Å². The molecule has 0 atom stereocenters. The minimum atomic E-state index is -0.523. The van der Waals surface area contributed by atoms with Gasteiger partial charge in [0.1, 0.15) is 5.60 Å². The number of fused-ring (bicyclic) bond motifs is 1. The van der Waals surface area contributed by atoms with Crippen LogP contribution in [0.1, 0.15) is 58.9 Å². The number of aromatic nitrogens is 2. The topological polar surface area (TPSA) is 76.5 Å². The van der Waals surface area contributed by atoms with Crippen LogP contribution in [0.2, 0.25) is 0 Å². The van der Waals surface area contributed by atoms with Crippen molar-refractivity contribution in [2.45, 2.75) is 59.7 Å². The molecule has 7 heteroatoms. The van der Waals surface area contributed by atoms with Crippen LogP contribution in [0.5, 0.6) is 0 Å². The molecule has 0 unspecified atom stereocenters. The third kappa shape index (κ3) is 5.47. The van der Waals surface area contributed by atoms with E-state index in [9.17, 15) is 9.59 Å². The van der Waals surface area contributed by atoms with Crippen molar-refractivity contribution in [3.63, 3.8) is 0 Å². The highest BCUT2D eigenvalue weighted by Gasteiger charge is 2.26. The number of nitrogens with one attached hydrogen (secondary N) is 1. The second-order valence-electron chi connectivity index (χ2n) is 9.87. The van der Waals surface area contributed by atoms with Gasteiger partial charge in [0.15, 0.2) is 5.82 Å². The lowest BCUT2D eigenvalue weighted by atomic mass is 9.97. The van der Waals surface area contributed by atoms with Crippen molar-refractivity contribution in [3.05, 3.63) is 82.0 Å². The van der Waals surface area contributed by atoms with Gasteiger partial charge < -0.3 is 15.0 Å². The smallest absolute Gasteiger partial charge is 0.410 e. The second-order valence-corrected chi connectivity index (χ2v) is 9.87. The van der Waals surface area contributed by atoms with Crippen LogP contribution in [0.25, 0.3) is 0 Å². The number of ether oxygens (including phenoxy) is 1. The molecule has 0 aliphatic carbocycles. The maximum absolute atomic E-state index is 13.0. The first-order valence-corrected chi connectivity index (χ1v) is 11.6. The van der Waals surface area contributed by atoms with E-state index in [0.717, 1.165) is 16.7 Å². The Morgan fingerprint density at radius 3 is 2.56 bits per heavy atom. The van der Waals surface area contributed by atoms with E-state index in [1.54, 1.807) is 11.0 Å². The number of aryl methyl sites for hydroxylation is 2. The lowest BCUT2D eigenvalue weighted by Crippen LogP contribution is -2.39. The number of carbonyl (C=O) groups excluding carboxylic acids is 2. The number of nitrogens with zero attached hydrogens (tertiary/aromatic N) is 3. The lowest BCUT2D eigenvalue weighted by Gasteiger charge is -2.31. The van der Waals surface area contributed by atoms with Crippen molar-refractivity contribution < 1.29 is 14.3 Å². The molecule has 34 heavy (non-hydrogen) atoms. The van der Waals surface area contributed by atoms with Crippen molar-refractivity contribution in [2.75, 3.05) is 11.9 Å². The minimum Gasteiger partial charge on any atom is -0.444 e. The molecule has 0 spiro atoms. The molecule has 2 amide bonds. The summed E-state index contributed by atoms with van der Waals surface area (Å²) >= 11 is 0. The van der Waals surface area contributed by atoms with E-state index in [1.165, 1.54) is 11.1 Å². The highest BCUT2D eigenvalue weighted by atomic mass is 16.6. The van der Waals surface area contributed by atoms with Gasteiger partial charge >= 0.3 is 6.09 Å². The Bertz CT molecular complexity index is 1220. The Hall–Kier alpha value is -3.61. The molecule has 0 saturated heterocycles. The quantitative estimate of drug-likeness (QED) is 0.588. The van der Waals surface area contributed by atoms with E-state index in [2.05, 4.69) is 29.5 Å². The summed E-state index contributed by atoms with van der Waals surface area (Å²) in [6.07, 6.45) is 2.32. The van der Waals surface area contributed by atoms with Crippen molar-refractivity contribution in [3.8, 4) is 0 Å². The van der Waals surface area contributed by atoms with E-state index in [4.69, 9.17) is 4.74 Å². The number of carbonyl (C=O) groups is 2. The van der Waals surface area contributed by atoms with Crippen LogP contribution >= 0.6 is 0 Å². The van der Waals surface area contributed by atoms with Crippen molar-refractivity contribution in [2.24, 2.45) is 0 Å². The zero-order chi connectivity index (χ0) is 24.5. The Kier molecular flexibility index (Phi) is 6.46. The molecule has 0 radical (unpaired) electrons. The summed E-state index contributed by atoms with van der Waals surface area (Å²) < 4.78 is 7.34. The van der Waals surface area contributed by atoms with Gasteiger partial charge in [0, 0.05) is 30.4 Å². The van der Waals surface area contributed by atoms with Gasteiger partial charge in [0.25, 0.3) is 5.91 Å². The number of anilines is 1. The van der Waals surface area contributed by atoms with Crippen molar-refractivity contribution >= 4 is 17.8 Å². The predicted molar refractivity (Wildman–Crippen MR) is 132 cm³/mol. The Balaban J connectivity index is 1.43. The summed E-state index contributed by atoms with van der Waals surface area (Å²) in [5, 5.41) is 7.54. The van der Waals surface area contributed by atoms with Crippen LogP contribution in [0, 0.1) is 13.8 Å². The zero-order valence-electron chi connectivity index (χ0n) is 20.5. The number of hydrogen-bond donors (Lipinski definition) is 1. The molecule has 3 aromatic rings. The summed E-state index contributed by atoms with van der Waals surface area (Å²) in [5.74, 6) is 0.369. The van der Waals surface area contributed by atoms with Gasteiger partial charge in [-0.1, -0.05) is 30.3 Å². The standard InChI is InChI=1S/C27H32N4O3/c1-18-8-6-7-9-22(18)17-31-15-19(2)24(29-31)28-25(32)21-10-11-23-16-30(13-12-20(23)14-21)26(33)34-27(3,4)5/h6-11,14-15H,12-13,16-17H2,1-5H3,(H,28,29,32). The fraction of sp³-hybridized carbons (Fsp3) is 0.370. The summed E-state index contributed by atoms with van der Waals surface area (Å²) in [6, 6.07) is 13.8. The first-order chi connectivity index (χ1) is 16.1. The lowest BCUT2D eigenvalue weighted by molar-refractivity contribution is 0.0224. The fourth-order valence-electron chi connectivity index (χ4n) is 4.04. The number of amides is 2. The number of benzene rings is 2. The molecule has 178 valence electrons. The summed E-state index contributed by atoms with van der Waals surface area (Å²) in [6.45, 7) is 11.3. The van der Waals surface area contributed by atoms with Gasteiger partial charge in [-0.2, -0.15) is 5.10 Å². The van der Waals surface area contributed by atoms with E-state index in [1.807, 2.05) is 62.8 Å². The van der Waals surface area contributed by atoms with Crippen LogP contribution in [-0.2, 0) is 24.2 Å². The fourth-order valence-corrected chi connectivity index (χ4v) is 4.04. The van der Waals surface area contributed by atoms with Crippen molar-refractivity contribution in [1.82, 2.24) is 14.7 Å². The molecule has 2 aromatic carbocycles. The normalized spacial score (nSPS) is 13.4. The SMILES string of the molecule is Cc1ccccc1Cn1cc(C)c(NC(=O)c2ccc3c(c2)CCN(C(=O)OC(C)(C)C)C3)n1. The molecule has 7 nitrogen and oxygen atoms in total. The molecule has 1 N–H and O–H groups in total. The monoisotopic (exact) mass is 460 g/mol. The largest absolute Gasteiger partial charge is 0.444 e. The summed E-state index contributed by atoms with van der Waals surface area (Å²) in [7, 11) is 0. The van der Waals surface area contributed by atoms with Crippen LogP contribution in [0.4, 0.5) is 10.6 Å². The zero-order valence-corrected chi connectivity index (χ0v) is 20.5. The van der Waals surface area contributed by atoms with Crippen LogP contribution in [0.15, 0.2) is 48.7 Å². The molecule has 1 aromatic heterocycles. The summed E-state index contributed by atoms with van der Waals surface area (Å²) in [5.41, 5.74) is 5.48. The third-order valence-corrected chi connectivity index (χ3v) is 5.90. The Labute approximate surface area is 200 Å². The van der Waals surface area contributed by atoms with E-state index < -0.39 is 5.60 Å². The van der Waals surface area contributed by atoms with Crippen LogP contribution < -0.4 is 5.32 Å². The van der Waals surface area contributed by atoms with Gasteiger partial charge in [0.05, 0.1) is 6.54 Å². The second kappa shape index (κ2) is 9.33. The molecular formula is C27H32N4O3. The highest BCUT2D eigenvalue weighted by Crippen LogP contribution is 2.23. The van der Waals surface area contributed by atoms with E-state index >= 15 is 0 Å². The van der Waals surface area contributed by atoms with Gasteiger partial charge in [-0.3, -0.25) is 9.48 Å². The molecule has 1 aliphatic heterocycles. The maximum atomic E-state index is 13.0. The molecule has 2 heterocycles. The van der Waals surface area contributed by atoms with E-state index in [-0.39, 0.29) is 12.0 Å². The Morgan fingerprint density at radius 2 is 1.82 bits per heavy atom.